The summed E-state index contributed by atoms with van der Waals surface area (Å²) in [6.07, 6.45) is 1.87. The molecule has 100 valence electrons. The smallest absolute Gasteiger partial charge is 0.194 e. The van der Waals surface area contributed by atoms with Crippen LogP contribution in [0.1, 0.15) is 68.4 Å². The van der Waals surface area contributed by atoms with Crippen LogP contribution in [-0.2, 0) is 6.42 Å². The lowest BCUT2D eigenvalue weighted by atomic mass is 9.88. The van der Waals surface area contributed by atoms with E-state index in [4.69, 9.17) is 0 Å². The predicted molar refractivity (Wildman–Crippen MR) is 75.2 cm³/mol. The minimum Gasteiger partial charge on any atom is -0.382 e. The SMILES string of the molecule is CCCc1cc(C(C)C)ccc1C(=O)C(C)(C)O. The van der Waals surface area contributed by atoms with Gasteiger partial charge in [0, 0.05) is 5.56 Å². The van der Waals surface area contributed by atoms with Crippen molar-refractivity contribution in [2.75, 3.05) is 0 Å². The van der Waals surface area contributed by atoms with Gasteiger partial charge in [-0.2, -0.15) is 0 Å². The molecule has 0 unspecified atom stereocenters. The number of rotatable bonds is 5. The summed E-state index contributed by atoms with van der Waals surface area (Å²) in [7, 11) is 0. The van der Waals surface area contributed by atoms with Gasteiger partial charge in [-0.3, -0.25) is 4.79 Å². The van der Waals surface area contributed by atoms with Crippen LogP contribution < -0.4 is 0 Å². The van der Waals surface area contributed by atoms with Crippen LogP contribution in [-0.4, -0.2) is 16.5 Å². The molecule has 0 heterocycles. The molecule has 0 aliphatic rings. The van der Waals surface area contributed by atoms with E-state index in [0.29, 0.717) is 11.5 Å². The zero-order valence-electron chi connectivity index (χ0n) is 12.1. The monoisotopic (exact) mass is 248 g/mol. The number of hydrogen-bond donors (Lipinski definition) is 1. The third-order valence-electron chi connectivity index (χ3n) is 3.12. The third kappa shape index (κ3) is 3.42. The van der Waals surface area contributed by atoms with Crippen molar-refractivity contribution in [1.82, 2.24) is 0 Å². The van der Waals surface area contributed by atoms with Crippen LogP contribution in [0.3, 0.4) is 0 Å². The number of carbonyl (C=O) groups excluding carboxylic acids is 1. The van der Waals surface area contributed by atoms with Crippen LogP contribution in [0.2, 0.25) is 0 Å². The molecule has 0 aliphatic heterocycles. The molecule has 0 amide bonds. The van der Waals surface area contributed by atoms with Gasteiger partial charge in [0.2, 0.25) is 0 Å². The first-order chi connectivity index (χ1) is 8.27. The van der Waals surface area contributed by atoms with Gasteiger partial charge in [0.15, 0.2) is 5.78 Å². The Hall–Kier alpha value is -1.15. The Kier molecular flexibility index (Phi) is 4.69. The zero-order chi connectivity index (χ0) is 13.9. The maximum atomic E-state index is 12.2. The summed E-state index contributed by atoms with van der Waals surface area (Å²) in [6.45, 7) is 9.47. The molecule has 0 radical (unpaired) electrons. The lowest BCUT2D eigenvalue weighted by Gasteiger charge is -2.19. The molecule has 18 heavy (non-hydrogen) atoms. The van der Waals surface area contributed by atoms with Gasteiger partial charge in [0.05, 0.1) is 0 Å². The fourth-order valence-corrected chi connectivity index (χ4v) is 2.00. The quantitative estimate of drug-likeness (QED) is 0.806. The molecule has 1 aromatic carbocycles. The third-order valence-corrected chi connectivity index (χ3v) is 3.12. The van der Waals surface area contributed by atoms with Gasteiger partial charge in [0.25, 0.3) is 0 Å². The summed E-state index contributed by atoms with van der Waals surface area (Å²) < 4.78 is 0. The molecule has 0 saturated carbocycles. The van der Waals surface area contributed by atoms with Crippen molar-refractivity contribution >= 4 is 5.78 Å². The number of benzene rings is 1. The summed E-state index contributed by atoms with van der Waals surface area (Å²) in [5.74, 6) is 0.258. The Morgan fingerprint density at radius 2 is 1.94 bits per heavy atom. The van der Waals surface area contributed by atoms with E-state index in [2.05, 4.69) is 26.8 Å². The number of carbonyl (C=O) groups is 1. The van der Waals surface area contributed by atoms with Crippen LogP contribution in [0, 0.1) is 0 Å². The number of ketones is 1. The highest BCUT2D eigenvalue weighted by atomic mass is 16.3. The van der Waals surface area contributed by atoms with Gasteiger partial charge >= 0.3 is 0 Å². The Morgan fingerprint density at radius 1 is 1.33 bits per heavy atom. The molecule has 1 N–H and O–H groups in total. The Morgan fingerprint density at radius 3 is 2.39 bits per heavy atom. The molecule has 0 fully saturated rings. The van der Waals surface area contributed by atoms with Gasteiger partial charge in [-0.05, 0) is 37.3 Å². The van der Waals surface area contributed by atoms with Gasteiger partial charge in [-0.1, -0.05) is 45.4 Å². The number of aliphatic hydroxyl groups is 1. The Balaban J connectivity index is 3.23. The number of hydrogen-bond acceptors (Lipinski definition) is 2. The predicted octanol–water partition coefficient (Wildman–Crippen LogP) is 3.72. The van der Waals surface area contributed by atoms with Crippen LogP contribution in [0.4, 0.5) is 0 Å². The Bertz CT molecular complexity index is 425. The topological polar surface area (TPSA) is 37.3 Å². The zero-order valence-corrected chi connectivity index (χ0v) is 12.1. The van der Waals surface area contributed by atoms with Crippen LogP contribution in [0.25, 0.3) is 0 Å². The lowest BCUT2D eigenvalue weighted by Crippen LogP contribution is -2.32. The first-order valence-electron chi connectivity index (χ1n) is 6.67. The van der Waals surface area contributed by atoms with Gasteiger partial charge in [-0.15, -0.1) is 0 Å². The van der Waals surface area contributed by atoms with Gasteiger partial charge < -0.3 is 5.11 Å². The standard InChI is InChI=1S/C16H24O2/c1-6-7-13-10-12(11(2)3)8-9-14(13)15(17)16(4,5)18/h8-11,18H,6-7H2,1-5H3. The Labute approximate surface area is 110 Å². The largest absolute Gasteiger partial charge is 0.382 e. The van der Waals surface area contributed by atoms with E-state index in [1.54, 1.807) is 13.8 Å². The van der Waals surface area contributed by atoms with Crippen LogP contribution >= 0.6 is 0 Å². The number of Topliss-reactive ketones (excluding diaryl/α,β-unsaturated/α-hetero) is 1. The summed E-state index contributed by atoms with van der Waals surface area (Å²) >= 11 is 0. The van der Waals surface area contributed by atoms with E-state index in [9.17, 15) is 9.90 Å². The van der Waals surface area contributed by atoms with E-state index in [1.165, 1.54) is 5.56 Å². The van der Waals surface area contributed by atoms with Crippen molar-refractivity contribution in [1.29, 1.82) is 0 Å². The van der Waals surface area contributed by atoms with Crippen molar-refractivity contribution in [3.8, 4) is 0 Å². The molecule has 0 bridgehead atoms. The van der Waals surface area contributed by atoms with Crippen molar-refractivity contribution in [3.63, 3.8) is 0 Å². The minimum absolute atomic E-state index is 0.193. The maximum absolute atomic E-state index is 12.2. The molecule has 2 nitrogen and oxygen atoms in total. The summed E-state index contributed by atoms with van der Waals surface area (Å²) in [5, 5.41) is 9.86. The molecule has 1 aromatic rings. The summed E-state index contributed by atoms with van der Waals surface area (Å²) in [4.78, 5) is 12.2. The minimum atomic E-state index is -1.30. The van der Waals surface area contributed by atoms with E-state index in [0.717, 1.165) is 18.4 Å². The maximum Gasteiger partial charge on any atom is 0.194 e. The highest BCUT2D eigenvalue weighted by Crippen LogP contribution is 2.23. The lowest BCUT2D eigenvalue weighted by molar-refractivity contribution is 0.0487. The summed E-state index contributed by atoms with van der Waals surface area (Å²) in [6, 6.07) is 5.95. The average Bonchev–Trinajstić information content (AvgIpc) is 2.27. The van der Waals surface area contributed by atoms with Crippen LogP contribution in [0.5, 0.6) is 0 Å². The van der Waals surface area contributed by atoms with Crippen molar-refractivity contribution in [2.24, 2.45) is 0 Å². The normalized spacial score (nSPS) is 11.9. The van der Waals surface area contributed by atoms with Crippen LogP contribution in [0.15, 0.2) is 18.2 Å². The summed E-state index contributed by atoms with van der Waals surface area (Å²) in [5.41, 5.74) is 1.65. The van der Waals surface area contributed by atoms with Crippen molar-refractivity contribution in [2.45, 2.75) is 59.0 Å². The highest BCUT2D eigenvalue weighted by Gasteiger charge is 2.27. The van der Waals surface area contributed by atoms with E-state index < -0.39 is 5.60 Å². The average molecular weight is 248 g/mol. The molecule has 0 spiro atoms. The first kappa shape index (κ1) is 14.9. The highest BCUT2D eigenvalue weighted by molar-refractivity contribution is 6.03. The second kappa shape index (κ2) is 5.66. The van der Waals surface area contributed by atoms with E-state index in [1.807, 2.05) is 12.1 Å². The molecule has 2 heteroatoms. The van der Waals surface area contributed by atoms with Crippen molar-refractivity contribution < 1.29 is 9.90 Å². The first-order valence-corrected chi connectivity index (χ1v) is 6.67. The van der Waals surface area contributed by atoms with Gasteiger partial charge in [0.1, 0.15) is 5.60 Å². The molecular formula is C16H24O2. The molecule has 1 rings (SSSR count). The van der Waals surface area contributed by atoms with E-state index in [-0.39, 0.29) is 5.78 Å². The molecular weight excluding hydrogens is 224 g/mol. The molecule has 0 aromatic heterocycles. The van der Waals surface area contributed by atoms with Gasteiger partial charge in [-0.25, -0.2) is 0 Å². The molecule has 0 aliphatic carbocycles. The second-order valence-electron chi connectivity index (χ2n) is 5.71. The van der Waals surface area contributed by atoms with Crippen molar-refractivity contribution in [3.05, 3.63) is 34.9 Å². The molecule has 0 atom stereocenters. The van der Waals surface area contributed by atoms with E-state index >= 15 is 0 Å². The fraction of sp³-hybridized carbons (Fsp3) is 0.562. The second-order valence-corrected chi connectivity index (χ2v) is 5.71. The fourth-order valence-electron chi connectivity index (χ4n) is 2.00. The molecule has 0 saturated heterocycles. The number of aryl methyl sites for hydroxylation is 1.